The van der Waals surface area contributed by atoms with Gasteiger partial charge in [0.2, 0.25) is 5.95 Å². The number of nitrogens with zero attached hydrogens (tertiary/aromatic N) is 2. The van der Waals surface area contributed by atoms with Crippen LogP contribution in [0.4, 0.5) is 23.1 Å². The number of nitrogens with one attached hydrogen (secondary N) is 4. The van der Waals surface area contributed by atoms with Gasteiger partial charge in [0.1, 0.15) is 5.82 Å². The van der Waals surface area contributed by atoms with Crippen molar-refractivity contribution in [1.29, 1.82) is 0 Å². The van der Waals surface area contributed by atoms with Crippen molar-refractivity contribution in [2.75, 3.05) is 23.8 Å². The number of amides is 1. The highest BCUT2D eigenvalue weighted by Gasteiger charge is 2.07. The van der Waals surface area contributed by atoms with Crippen LogP contribution < -0.4 is 16.0 Å². The summed E-state index contributed by atoms with van der Waals surface area (Å²) in [6.07, 6.45) is 1.66. The highest BCUT2D eigenvalue weighted by Crippen LogP contribution is 2.23. The number of aromatic nitrogens is 3. The molecular weight excluding hydrogens is 380 g/mol. The first-order valence-electron chi connectivity index (χ1n) is 9.56. The number of hydrogen-bond donors (Lipinski definition) is 5. The molecule has 2 heterocycles. The first-order valence-corrected chi connectivity index (χ1v) is 9.56. The van der Waals surface area contributed by atoms with E-state index in [4.69, 9.17) is 5.11 Å². The van der Waals surface area contributed by atoms with Crippen LogP contribution in [0.1, 0.15) is 16.1 Å². The van der Waals surface area contributed by atoms with Crippen molar-refractivity contribution in [3.8, 4) is 0 Å². The molecule has 0 unspecified atom stereocenters. The molecule has 5 N–H and O–H groups in total. The van der Waals surface area contributed by atoms with E-state index < -0.39 is 0 Å². The normalized spacial score (nSPS) is 10.7. The van der Waals surface area contributed by atoms with E-state index in [1.54, 1.807) is 30.5 Å². The molecule has 2 aromatic heterocycles. The van der Waals surface area contributed by atoms with Crippen LogP contribution in [0, 0.1) is 6.92 Å². The number of fused-ring (bicyclic) bond motifs is 1. The van der Waals surface area contributed by atoms with Crippen molar-refractivity contribution in [1.82, 2.24) is 20.3 Å². The van der Waals surface area contributed by atoms with Gasteiger partial charge in [-0.1, -0.05) is 6.07 Å². The molecule has 0 aliphatic heterocycles. The average Bonchev–Trinajstić information content (AvgIpc) is 3.12. The lowest BCUT2D eigenvalue weighted by atomic mass is 10.2. The third-order valence-corrected chi connectivity index (χ3v) is 4.46. The summed E-state index contributed by atoms with van der Waals surface area (Å²) in [5, 5.41) is 19.0. The van der Waals surface area contributed by atoms with Crippen LogP contribution in [0.5, 0.6) is 0 Å². The number of H-pyrrole nitrogens is 1. The first-order chi connectivity index (χ1) is 14.6. The highest BCUT2D eigenvalue weighted by atomic mass is 16.3. The summed E-state index contributed by atoms with van der Waals surface area (Å²) in [7, 11) is 0. The predicted molar refractivity (Wildman–Crippen MR) is 117 cm³/mol. The molecule has 2 aromatic carbocycles. The molecule has 30 heavy (non-hydrogen) atoms. The van der Waals surface area contributed by atoms with Crippen LogP contribution in [-0.4, -0.2) is 39.1 Å². The third kappa shape index (κ3) is 4.56. The fourth-order valence-electron chi connectivity index (χ4n) is 3.13. The number of aliphatic hydroxyl groups is 1. The lowest BCUT2D eigenvalue weighted by Crippen LogP contribution is -2.26. The minimum absolute atomic E-state index is 0.103. The largest absolute Gasteiger partial charge is 0.395 e. The Morgan fingerprint density at radius 3 is 2.80 bits per heavy atom. The van der Waals surface area contributed by atoms with Crippen LogP contribution in [-0.2, 0) is 0 Å². The van der Waals surface area contributed by atoms with Crippen LogP contribution in [0.3, 0.4) is 0 Å². The standard InChI is InChI=1S/C22H22N6O2/c1-14-11-16-13-18(5-6-19(16)25-14)26-20-7-8-24-22(28-20)27-17-4-2-3-15(12-17)21(30)23-9-10-29/h2-8,11-13,25,29H,9-10H2,1H3,(H,23,30)(H2,24,26,27,28). The van der Waals surface area contributed by atoms with Crippen LogP contribution >= 0.6 is 0 Å². The third-order valence-electron chi connectivity index (χ3n) is 4.46. The second kappa shape index (κ2) is 8.62. The van der Waals surface area contributed by atoms with E-state index in [1.807, 2.05) is 25.1 Å². The number of carbonyl (C=O) groups is 1. The Morgan fingerprint density at radius 1 is 1.07 bits per heavy atom. The van der Waals surface area contributed by atoms with Gasteiger partial charge in [-0.2, -0.15) is 4.98 Å². The van der Waals surface area contributed by atoms with Crippen molar-refractivity contribution in [2.45, 2.75) is 6.92 Å². The summed E-state index contributed by atoms with van der Waals surface area (Å²) in [6.45, 7) is 2.14. The van der Waals surface area contributed by atoms with Gasteiger partial charge in [0, 0.05) is 46.3 Å². The van der Waals surface area contributed by atoms with Crippen LogP contribution in [0.25, 0.3) is 10.9 Å². The number of rotatable bonds is 7. The van der Waals surface area contributed by atoms with E-state index >= 15 is 0 Å². The first kappa shape index (κ1) is 19.4. The molecule has 4 aromatic rings. The average molecular weight is 402 g/mol. The fourth-order valence-corrected chi connectivity index (χ4v) is 3.13. The Bertz CT molecular complexity index is 1190. The van der Waals surface area contributed by atoms with Gasteiger partial charge in [-0.05, 0) is 55.5 Å². The summed E-state index contributed by atoms with van der Waals surface area (Å²) in [5.41, 5.74) is 4.30. The summed E-state index contributed by atoms with van der Waals surface area (Å²) in [4.78, 5) is 24.1. The van der Waals surface area contributed by atoms with Crippen molar-refractivity contribution < 1.29 is 9.90 Å². The predicted octanol–water partition coefficient (Wildman–Crippen LogP) is 3.48. The summed E-state index contributed by atoms with van der Waals surface area (Å²) in [5.74, 6) is 0.807. The molecular formula is C22H22N6O2. The number of aliphatic hydroxyl groups excluding tert-OH is 1. The van der Waals surface area contributed by atoms with Crippen molar-refractivity contribution in [2.24, 2.45) is 0 Å². The van der Waals surface area contributed by atoms with Crippen molar-refractivity contribution in [3.63, 3.8) is 0 Å². The molecule has 0 saturated heterocycles. The van der Waals surface area contributed by atoms with Gasteiger partial charge in [0.25, 0.3) is 5.91 Å². The lowest BCUT2D eigenvalue weighted by molar-refractivity contribution is 0.0945. The second-order valence-corrected chi connectivity index (χ2v) is 6.83. The van der Waals surface area contributed by atoms with Crippen molar-refractivity contribution >= 4 is 40.0 Å². The summed E-state index contributed by atoms with van der Waals surface area (Å²) >= 11 is 0. The molecule has 0 spiro atoms. The van der Waals surface area contributed by atoms with E-state index in [2.05, 4.69) is 43.0 Å². The van der Waals surface area contributed by atoms with E-state index in [0.29, 0.717) is 23.0 Å². The maximum Gasteiger partial charge on any atom is 0.251 e. The summed E-state index contributed by atoms with van der Waals surface area (Å²) in [6, 6.07) is 17.0. The number of hydrogen-bond acceptors (Lipinski definition) is 6. The van der Waals surface area contributed by atoms with Gasteiger partial charge in [0.15, 0.2) is 0 Å². The van der Waals surface area contributed by atoms with Crippen LogP contribution in [0.15, 0.2) is 60.8 Å². The fraction of sp³-hybridized carbons (Fsp3) is 0.136. The lowest BCUT2D eigenvalue weighted by Gasteiger charge is -2.10. The molecule has 0 saturated carbocycles. The minimum atomic E-state index is -0.251. The minimum Gasteiger partial charge on any atom is -0.395 e. The Hall–Kier alpha value is -3.91. The smallest absolute Gasteiger partial charge is 0.251 e. The zero-order valence-corrected chi connectivity index (χ0v) is 16.4. The molecule has 8 heteroatoms. The van der Waals surface area contributed by atoms with Gasteiger partial charge < -0.3 is 26.0 Å². The number of aryl methyl sites for hydroxylation is 1. The van der Waals surface area contributed by atoms with Gasteiger partial charge in [0.05, 0.1) is 6.61 Å². The molecule has 1 amide bonds. The molecule has 0 radical (unpaired) electrons. The zero-order valence-electron chi connectivity index (χ0n) is 16.4. The number of aromatic amines is 1. The van der Waals surface area contributed by atoms with Gasteiger partial charge in [-0.3, -0.25) is 4.79 Å². The Labute approximate surface area is 173 Å². The quantitative estimate of drug-likeness (QED) is 0.323. The maximum atomic E-state index is 12.1. The maximum absolute atomic E-state index is 12.1. The SMILES string of the molecule is Cc1cc2cc(Nc3ccnc(Nc4cccc(C(=O)NCCO)c4)n3)ccc2[nH]1. The van der Waals surface area contributed by atoms with E-state index in [0.717, 1.165) is 22.3 Å². The Morgan fingerprint density at radius 2 is 1.93 bits per heavy atom. The van der Waals surface area contributed by atoms with Crippen LogP contribution in [0.2, 0.25) is 0 Å². The molecule has 8 nitrogen and oxygen atoms in total. The molecule has 0 aliphatic carbocycles. The molecule has 0 aliphatic rings. The highest BCUT2D eigenvalue weighted by molar-refractivity contribution is 5.95. The molecule has 0 fully saturated rings. The van der Waals surface area contributed by atoms with Gasteiger partial charge in [-0.15, -0.1) is 0 Å². The van der Waals surface area contributed by atoms with Gasteiger partial charge in [-0.25, -0.2) is 4.98 Å². The number of carbonyl (C=O) groups excluding carboxylic acids is 1. The molecule has 4 rings (SSSR count). The Balaban J connectivity index is 1.48. The topological polar surface area (TPSA) is 115 Å². The second-order valence-electron chi connectivity index (χ2n) is 6.83. The van der Waals surface area contributed by atoms with E-state index in [-0.39, 0.29) is 19.1 Å². The van der Waals surface area contributed by atoms with Gasteiger partial charge >= 0.3 is 0 Å². The molecule has 0 bridgehead atoms. The number of benzene rings is 2. The Kier molecular flexibility index (Phi) is 5.58. The number of anilines is 4. The monoisotopic (exact) mass is 402 g/mol. The molecule has 152 valence electrons. The zero-order chi connectivity index (χ0) is 20.9. The van der Waals surface area contributed by atoms with E-state index in [1.165, 1.54) is 0 Å². The van der Waals surface area contributed by atoms with E-state index in [9.17, 15) is 4.79 Å². The molecule has 0 atom stereocenters. The van der Waals surface area contributed by atoms with Crippen molar-refractivity contribution in [3.05, 3.63) is 72.1 Å². The summed E-state index contributed by atoms with van der Waals surface area (Å²) < 4.78 is 0.